The summed E-state index contributed by atoms with van der Waals surface area (Å²) in [5.74, 6) is -0.383. The Hall–Kier alpha value is -1.52. The number of nitriles is 1. The third-order valence-corrected chi connectivity index (χ3v) is 5.01. The van der Waals surface area contributed by atoms with Crippen LogP contribution in [0.4, 0.5) is 5.00 Å². The lowest BCUT2D eigenvalue weighted by Crippen LogP contribution is -2.12. The van der Waals surface area contributed by atoms with Crippen LogP contribution in [0.3, 0.4) is 0 Å². The van der Waals surface area contributed by atoms with Crippen molar-refractivity contribution >= 4 is 40.0 Å². The molecule has 20 heavy (non-hydrogen) atoms. The first-order valence-electron chi connectivity index (χ1n) is 6.25. The Morgan fingerprint density at radius 2 is 2.25 bits per heavy atom. The minimum absolute atomic E-state index is 0.0403. The van der Waals surface area contributed by atoms with Crippen LogP contribution < -0.4 is 5.32 Å². The summed E-state index contributed by atoms with van der Waals surface area (Å²) in [7, 11) is 0. The molecule has 0 saturated heterocycles. The molecule has 0 bridgehead atoms. The molecule has 106 valence electrons. The summed E-state index contributed by atoms with van der Waals surface area (Å²) in [5, 5.41) is 14.2. The van der Waals surface area contributed by atoms with Crippen molar-refractivity contribution in [3.05, 3.63) is 10.4 Å². The minimum atomic E-state index is -0.415. The van der Waals surface area contributed by atoms with Gasteiger partial charge in [-0.2, -0.15) is 5.26 Å². The van der Waals surface area contributed by atoms with Crippen LogP contribution in [0.25, 0.3) is 0 Å². The Labute approximate surface area is 125 Å². The van der Waals surface area contributed by atoms with Crippen molar-refractivity contribution in [2.75, 3.05) is 11.9 Å². The molecule has 0 atom stereocenters. The van der Waals surface area contributed by atoms with Crippen LogP contribution >= 0.6 is 23.1 Å². The molecule has 0 spiro atoms. The molecular weight excluding hydrogens is 296 g/mol. The van der Waals surface area contributed by atoms with Gasteiger partial charge < -0.3 is 10.1 Å². The third kappa shape index (κ3) is 3.14. The van der Waals surface area contributed by atoms with E-state index in [9.17, 15) is 9.59 Å². The lowest BCUT2D eigenvalue weighted by Gasteiger charge is -2.02. The number of thioether (sulfide) groups is 1. The molecule has 0 radical (unpaired) electrons. The van der Waals surface area contributed by atoms with Crippen LogP contribution in [0.5, 0.6) is 0 Å². The molecule has 0 aliphatic heterocycles. The van der Waals surface area contributed by atoms with Crippen molar-refractivity contribution in [2.45, 2.75) is 31.6 Å². The van der Waals surface area contributed by atoms with Crippen LogP contribution in [0, 0.1) is 23.5 Å². The van der Waals surface area contributed by atoms with Gasteiger partial charge in [-0.3, -0.25) is 4.79 Å². The van der Waals surface area contributed by atoms with Crippen molar-refractivity contribution < 1.29 is 14.3 Å². The minimum Gasteiger partial charge on any atom is -0.462 e. The fourth-order valence-electron chi connectivity index (χ4n) is 1.70. The summed E-state index contributed by atoms with van der Waals surface area (Å²) in [5.41, 5.74) is 0.686. The van der Waals surface area contributed by atoms with Gasteiger partial charge in [0.15, 0.2) is 0 Å². The number of carbonyl (C=O) groups is 2. The average molecular weight is 310 g/mol. The van der Waals surface area contributed by atoms with E-state index in [-0.39, 0.29) is 11.8 Å². The Kier molecular flexibility index (Phi) is 4.68. The van der Waals surface area contributed by atoms with Crippen LogP contribution in [-0.4, -0.2) is 18.5 Å². The number of nitrogens with one attached hydrogen (secondary N) is 1. The van der Waals surface area contributed by atoms with E-state index in [0.717, 1.165) is 24.6 Å². The van der Waals surface area contributed by atoms with E-state index in [2.05, 4.69) is 5.32 Å². The normalized spacial score (nSPS) is 13.7. The first kappa shape index (κ1) is 14.9. The highest BCUT2D eigenvalue weighted by atomic mass is 32.2. The maximum Gasteiger partial charge on any atom is 0.348 e. The monoisotopic (exact) mass is 310 g/mol. The number of thiophene rings is 1. The van der Waals surface area contributed by atoms with E-state index in [4.69, 9.17) is 10.00 Å². The number of thiocyanates is 1. The number of ether oxygens (including phenoxy) is 1. The highest BCUT2D eigenvalue weighted by Crippen LogP contribution is 2.41. The molecule has 1 N–H and O–H groups in total. The van der Waals surface area contributed by atoms with Crippen LogP contribution in [0.2, 0.25) is 0 Å². The number of nitrogens with zero attached hydrogens (tertiary/aromatic N) is 1. The molecule has 0 aromatic carbocycles. The molecule has 1 aromatic heterocycles. The Morgan fingerprint density at radius 3 is 2.80 bits per heavy atom. The summed E-state index contributed by atoms with van der Waals surface area (Å²) in [6.07, 6.45) is 1.81. The van der Waals surface area contributed by atoms with Gasteiger partial charge in [-0.15, -0.1) is 11.3 Å². The molecule has 7 heteroatoms. The van der Waals surface area contributed by atoms with E-state index >= 15 is 0 Å². The molecule has 1 fully saturated rings. The van der Waals surface area contributed by atoms with Gasteiger partial charge in [-0.05, 0) is 44.0 Å². The predicted molar refractivity (Wildman–Crippen MR) is 77.8 cm³/mol. The molecule has 1 aliphatic carbocycles. The molecule has 2 rings (SSSR count). The fourth-order valence-corrected chi connectivity index (χ4v) is 3.50. The first-order valence-corrected chi connectivity index (χ1v) is 7.89. The van der Waals surface area contributed by atoms with E-state index < -0.39 is 5.97 Å². The third-order valence-electron chi connectivity index (χ3n) is 2.88. The van der Waals surface area contributed by atoms with Gasteiger partial charge in [-0.1, -0.05) is 0 Å². The van der Waals surface area contributed by atoms with E-state index in [1.54, 1.807) is 13.8 Å². The van der Waals surface area contributed by atoms with Gasteiger partial charge >= 0.3 is 5.97 Å². The van der Waals surface area contributed by atoms with E-state index in [0.29, 0.717) is 26.9 Å². The van der Waals surface area contributed by atoms with E-state index in [1.165, 1.54) is 11.3 Å². The number of rotatable bonds is 5. The Bertz CT molecular complexity index is 585. The number of amides is 1. The zero-order valence-electron chi connectivity index (χ0n) is 11.2. The van der Waals surface area contributed by atoms with Gasteiger partial charge in [0.2, 0.25) is 5.91 Å². The van der Waals surface area contributed by atoms with Crippen LogP contribution in [0.15, 0.2) is 4.90 Å². The van der Waals surface area contributed by atoms with Gasteiger partial charge in [-0.25, -0.2) is 4.79 Å². The molecular formula is C13H14N2O3S2. The van der Waals surface area contributed by atoms with Gasteiger partial charge in [0.1, 0.15) is 15.3 Å². The van der Waals surface area contributed by atoms with Crippen LogP contribution in [0.1, 0.15) is 35.0 Å². The standard InChI is InChI=1S/C13H14N2O3S2/c1-3-18-13(17)10-7(2)9(19-6-14)12(20-10)15-11(16)8-4-5-8/h8H,3-5H2,1-2H3,(H,15,16). The zero-order chi connectivity index (χ0) is 14.7. The number of hydrogen-bond acceptors (Lipinski definition) is 6. The number of anilines is 1. The first-order chi connectivity index (χ1) is 9.58. The SMILES string of the molecule is CCOC(=O)c1sc(NC(=O)C2CC2)c(SC#N)c1C. The maximum absolute atomic E-state index is 11.9. The molecule has 1 heterocycles. The molecule has 5 nitrogen and oxygen atoms in total. The van der Waals surface area contributed by atoms with Crippen molar-refractivity contribution in [3.8, 4) is 5.40 Å². The summed E-state index contributed by atoms with van der Waals surface area (Å²) < 4.78 is 4.99. The molecule has 0 unspecified atom stereocenters. The molecule has 1 saturated carbocycles. The zero-order valence-corrected chi connectivity index (χ0v) is 12.8. The molecule has 1 aromatic rings. The lowest BCUT2D eigenvalue weighted by atomic mass is 10.3. The largest absolute Gasteiger partial charge is 0.462 e. The highest BCUT2D eigenvalue weighted by Gasteiger charge is 2.31. The molecule has 1 aliphatic rings. The van der Waals surface area contributed by atoms with Gasteiger partial charge in [0, 0.05) is 5.92 Å². The highest BCUT2D eigenvalue weighted by molar-refractivity contribution is 8.04. The number of esters is 1. The lowest BCUT2D eigenvalue weighted by molar-refractivity contribution is -0.117. The number of carbonyl (C=O) groups excluding carboxylic acids is 2. The quantitative estimate of drug-likeness (QED) is 0.513. The Morgan fingerprint density at radius 1 is 1.55 bits per heavy atom. The van der Waals surface area contributed by atoms with E-state index in [1.807, 2.05) is 5.40 Å². The average Bonchev–Trinajstić information content (AvgIpc) is 3.21. The summed E-state index contributed by atoms with van der Waals surface area (Å²) in [6.45, 7) is 3.79. The van der Waals surface area contributed by atoms with Crippen molar-refractivity contribution in [3.63, 3.8) is 0 Å². The summed E-state index contributed by atoms with van der Waals surface area (Å²) >= 11 is 2.12. The maximum atomic E-state index is 11.9. The fraction of sp³-hybridized carbons (Fsp3) is 0.462. The van der Waals surface area contributed by atoms with Gasteiger partial charge in [0.25, 0.3) is 0 Å². The van der Waals surface area contributed by atoms with Crippen molar-refractivity contribution in [1.29, 1.82) is 5.26 Å². The van der Waals surface area contributed by atoms with Gasteiger partial charge in [0.05, 0.1) is 11.5 Å². The summed E-state index contributed by atoms with van der Waals surface area (Å²) in [6, 6.07) is 0. The topological polar surface area (TPSA) is 79.2 Å². The van der Waals surface area contributed by atoms with Crippen molar-refractivity contribution in [1.82, 2.24) is 0 Å². The second-order valence-electron chi connectivity index (χ2n) is 4.39. The Balaban J connectivity index is 2.28. The smallest absolute Gasteiger partial charge is 0.348 e. The molecule has 1 amide bonds. The summed E-state index contributed by atoms with van der Waals surface area (Å²) in [4.78, 5) is 24.8. The predicted octanol–water partition coefficient (Wildman–Crippen LogP) is 3.15. The van der Waals surface area contributed by atoms with Crippen LogP contribution in [-0.2, 0) is 9.53 Å². The number of hydrogen-bond donors (Lipinski definition) is 1. The second-order valence-corrected chi connectivity index (χ2v) is 6.21. The second kappa shape index (κ2) is 6.29. The van der Waals surface area contributed by atoms with Crippen molar-refractivity contribution in [2.24, 2.45) is 5.92 Å².